The number of aryl methyl sites for hydroxylation is 2. The van der Waals surface area contributed by atoms with Crippen molar-refractivity contribution in [3.8, 4) is 0 Å². The van der Waals surface area contributed by atoms with Crippen LogP contribution in [0.15, 0.2) is 59.4 Å². The maximum Gasteiger partial charge on any atom is 0.268 e. The average Bonchev–Trinajstić information content (AvgIpc) is 2.78. The summed E-state index contributed by atoms with van der Waals surface area (Å²) in [5, 5.41) is 0.840. The highest BCUT2D eigenvalue weighted by Gasteiger charge is 2.05. The number of rotatable bonds is 4. The topological polar surface area (TPSA) is 22.0 Å². The Morgan fingerprint density at radius 1 is 0.947 bits per heavy atom. The van der Waals surface area contributed by atoms with Crippen LogP contribution in [0.3, 0.4) is 0 Å². The molecule has 3 rings (SSSR count). The zero-order valence-electron chi connectivity index (χ0n) is 10.6. The fraction of sp³-hybridized carbons (Fsp3) is 0.188. The Labute approximate surface area is 116 Å². The van der Waals surface area contributed by atoms with E-state index in [0.717, 1.165) is 29.5 Å². The molecule has 2 nitrogen and oxygen atoms in total. The molecule has 0 saturated carbocycles. The van der Waals surface area contributed by atoms with Gasteiger partial charge in [0.15, 0.2) is 0 Å². The van der Waals surface area contributed by atoms with Crippen molar-refractivity contribution in [2.75, 3.05) is 0 Å². The Morgan fingerprint density at radius 2 is 1.68 bits per heavy atom. The van der Waals surface area contributed by atoms with Gasteiger partial charge in [-0.1, -0.05) is 54.0 Å². The van der Waals surface area contributed by atoms with Gasteiger partial charge in [-0.15, -0.1) is 0 Å². The normalized spacial score (nSPS) is 10.9. The van der Waals surface area contributed by atoms with E-state index >= 15 is 0 Å². The van der Waals surface area contributed by atoms with Crippen LogP contribution in [0.2, 0.25) is 0 Å². The lowest BCUT2D eigenvalue weighted by atomic mass is 10.1. The molecule has 19 heavy (non-hydrogen) atoms. The van der Waals surface area contributed by atoms with Gasteiger partial charge in [0.05, 0.1) is 10.1 Å². The van der Waals surface area contributed by atoms with Crippen LogP contribution in [0.25, 0.3) is 10.1 Å². The SMILES string of the molecule is O=c1c2ccccc2sn1CCCc1ccccc1. The first-order valence-electron chi connectivity index (χ1n) is 6.47. The maximum atomic E-state index is 12.1. The van der Waals surface area contributed by atoms with E-state index in [4.69, 9.17) is 0 Å². The Balaban J connectivity index is 1.72. The van der Waals surface area contributed by atoms with Gasteiger partial charge in [-0.05, 0) is 30.5 Å². The smallest absolute Gasteiger partial charge is 0.268 e. The molecule has 0 atom stereocenters. The van der Waals surface area contributed by atoms with Crippen LogP contribution in [0.4, 0.5) is 0 Å². The second-order valence-electron chi connectivity index (χ2n) is 4.58. The third-order valence-electron chi connectivity index (χ3n) is 3.22. The standard InChI is InChI=1S/C16H15NOS/c18-16-14-10-4-5-11-15(14)19-17(16)12-6-9-13-7-2-1-3-8-13/h1-5,7-8,10-11H,6,9,12H2. The zero-order valence-corrected chi connectivity index (χ0v) is 11.4. The van der Waals surface area contributed by atoms with Gasteiger partial charge >= 0.3 is 0 Å². The van der Waals surface area contributed by atoms with Crippen molar-refractivity contribution in [3.63, 3.8) is 0 Å². The molecule has 1 heterocycles. The molecule has 0 N–H and O–H groups in total. The number of hydrogen-bond donors (Lipinski definition) is 0. The molecule has 0 fully saturated rings. The summed E-state index contributed by atoms with van der Waals surface area (Å²) in [7, 11) is 0. The highest BCUT2D eigenvalue weighted by molar-refractivity contribution is 7.13. The third kappa shape index (κ3) is 2.61. The summed E-state index contributed by atoms with van der Waals surface area (Å²) in [5.41, 5.74) is 1.48. The summed E-state index contributed by atoms with van der Waals surface area (Å²) in [6.45, 7) is 0.799. The van der Waals surface area contributed by atoms with Crippen LogP contribution in [0.5, 0.6) is 0 Å². The lowest BCUT2D eigenvalue weighted by molar-refractivity contribution is 0.672. The minimum absolute atomic E-state index is 0.147. The molecule has 0 amide bonds. The van der Waals surface area contributed by atoms with Crippen LogP contribution in [0, 0.1) is 0 Å². The van der Waals surface area contributed by atoms with Crippen molar-refractivity contribution in [2.45, 2.75) is 19.4 Å². The van der Waals surface area contributed by atoms with Crippen LogP contribution in [-0.4, -0.2) is 3.96 Å². The van der Waals surface area contributed by atoms with Gasteiger partial charge in [0.25, 0.3) is 5.56 Å². The highest BCUT2D eigenvalue weighted by atomic mass is 32.1. The predicted molar refractivity (Wildman–Crippen MR) is 80.8 cm³/mol. The molecule has 2 aromatic carbocycles. The van der Waals surface area contributed by atoms with E-state index < -0.39 is 0 Å². The van der Waals surface area contributed by atoms with Crippen LogP contribution in [0.1, 0.15) is 12.0 Å². The summed E-state index contributed by atoms with van der Waals surface area (Å²) in [6, 6.07) is 18.2. The largest absolute Gasteiger partial charge is 0.268 e. The van der Waals surface area contributed by atoms with Crippen molar-refractivity contribution >= 4 is 21.6 Å². The monoisotopic (exact) mass is 269 g/mol. The minimum atomic E-state index is 0.147. The van der Waals surface area contributed by atoms with Gasteiger partial charge in [0, 0.05) is 6.54 Å². The summed E-state index contributed by atoms with van der Waals surface area (Å²) < 4.78 is 2.94. The number of aromatic nitrogens is 1. The highest BCUT2D eigenvalue weighted by Crippen LogP contribution is 2.16. The molecule has 3 aromatic rings. The molecule has 96 valence electrons. The fourth-order valence-corrected chi connectivity index (χ4v) is 3.27. The number of fused-ring (bicyclic) bond motifs is 1. The van der Waals surface area contributed by atoms with E-state index in [-0.39, 0.29) is 5.56 Å². The van der Waals surface area contributed by atoms with Crippen molar-refractivity contribution in [2.24, 2.45) is 0 Å². The third-order valence-corrected chi connectivity index (χ3v) is 4.34. The van der Waals surface area contributed by atoms with E-state index in [2.05, 4.69) is 24.3 Å². The molecule has 1 aromatic heterocycles. The molecule has 3 heteroatoms. The van der Waals surface area contributed by atoms with Gasteiger partial charge < -0.3 is 0 Å². The molecule has 0 aliphatic heterocycles. The van der Waals surface area contributed by atoms with Gasteiger partial charge in [-0.2, -0.15) is 0 Å². The number of nitrogens with zero attached hydrogens (tertiary/aromatic N) is 1. The molecular weight excluding hydrogens is 254 g/mol. The van der Waals surface area contributed by atoms with Crippen LogP contribution < -0.4 is 5.56 Å². The quantitative estimate of drug-likeness (QED) is 0.708. The van der Waals surface area contributed by atoms with E-state index in [0.29, 0.717) is 0 Å². The first kappa shape index (κ1) is 12.2. The first-order chi connectivity index (χ1) is 9.34. The molecule has 0 unspecified atom stereocenters. The summed E-state index contributed by atoms with van der Waals surface area (Å²) in [4.78, 5) is 12.1. The van der Waals surface area contributed by atoms with Crippen molar-refractivity contribution in [1.82, 2.24) is 3.96 Å². The summed E-state index contributed by atoms with van der Waals surface area (Å²) in [6.07, 6.45) is 2.01. The van der Waals surface area contributed by atoms with Crippen molar-refractivity contribution < 1.29 is 0 Å². The molecule has 0 radical (unpaired) electrons. The van der Waals surface area contributed by atoms with Gasteiger partial charge in [0.1, 0.15) is 0 Å². The Morgan fingerprint density at radius 3 is 2.47 bits per heavy atom. The summed E-state index contributed by atoms with van der Waals surface area (Å²) in [5.74, 6) is 0. The zero-order chi connectivity index (χ0) is 13.1. The number of benzene rings is 2. The Kier molecular flexibility index (Phi) is 3.47. The first-order valence-corrected chi connectivity index (χ1v) is 7.25. The van der Waals surface area contributed by atoms with E-state index in [9.17, 15) is 4.79 Å². The second kappa shape index (κ2) is 5.41. The molecule has 0 bridgehead atoms. The average molecular weight is 269 g/mol. The Hall–Kier alpha value is -1.87. The van der Waals surface area contributed by atoms with Gasteiger partial charge in [0.2, 0.25) is 0 Å². The molecule has 0 aliphatic carbocycles. The molecule has 0 aliphatic rings. The van der Waals surface area contributed by atoms with Gasteiger partial charge in [-0.3, -0.25) is 8.75 Å². The summed E-state index contributed by atoms with van der Waals surface area (Å²) >= 11 is 1.56. The molecule has 0 spiro atoms. The lowest BCUT2D eigenvalue weighted by Crippen LogP contribution is -2.13. The van der Waals surface area contributed by atoms with Gasteiger partial charge in [-0.25, -0.2) is 0 Å². The molecular formula is C16H15NOS. The molecule has 0 saturated heterocycles. The van der Waals surface area contributed by atoms with Crippen LogP contribution >= 0.6 is 11.5 Å². The lowest BCUT2D eigenvalue weighted by Gasteiger charge is -2.01. The minimum Gasteiger partial charge on any atom is -0.268 e. The fourth-order valence-electron chi connectivity index (χ4n) is 2.24. The second-order valence-corrected chi connectivity index (χ2v) is 5.65. The Bertz CT molecular complexity index is 727. The van der Waals surface area contributed by atoms with E-state index in [1.165, 1.54) is 5.56 Å². The maximum absolute atomic E-state index is 12.1. The number of hydrogen-bond acceptors (Lipinski definition) is 2. The van der Waals surface area contributed by atoms with Crippen molar-refractivity contribution in [1.29, 1.82) is 0 Å². The van der Waals surface area contributed by atoms with Crippen molar-refractivity contribution in [3.05, 3.63) is 70.5 Å². The predicted octanol–water partition coefficient (Wildman–Crippen LogP) is 3.70. The van der Waals surface area contributed by atoms with Crippen LogP contribution in [-0.2, 0) is 13.0 Å². The van der Waals surface area contributed by atoms with E-state index in [1.54, 1.807) is 11.5 Å². The van der Waals surface area contributed by atoms with E-state index in [1.807, 2.05) is 34.3 Å².